The summed E-state index contributed by atoms with van der Waals surface area (Å²) in [6.45, 7) is 1.95. The van der Waals surface area contributed by atoms with E-state index in [0.717, 1.165) is 28.2 Å². The molecule has 0 fully saturated rings. The number of rotatable bonds is 5. The number of hydrogen-bond acceptors (Lipinski definition) is 4. The molecule has 0 saturated heterocycles. The summed E-state index contributed by atoms with van der Waals surface area (Å²) in [6.07, 6.45) is 3.93. The van der Waals surface area contributed by atoms with Crippen LogP contribution in [0, 0.1) is 6.92 Å². The van der Waals surface area contributed by atoms with E-state index in [0.29, 0.717) is 17.1 Å². The van der Waals surface area contributed by atoms with E-state index in [-0.39, 0.29) is 5.91 Å². The third-order valence-corrected chi connectivity index (χ3v) is 4.76. The first-order valence-corrected chi connectivity index (χ1v) is 9.16. The maximum absolute atomic E-state index is 12.8. The van der Waals surface area contributed by atoms with Crippen molar-refractivity contribution in [3.05, 3.63) is 78.1 Å². The molecule has 0 bridgehead atoms. The Hall–Kier alpha value is -3.80. The number of ether oxygens (including phenoxy) is 2. The summed E-state index contributed by atoms with van der Waals surface area (Å²) >= 11 is 0. The van der Waals surface area contributed by atoms with Crippen molar-refractivity contribution >= 4 is 17.2 Å². The fraction of sp³-hybridized carbons (Fsp3) is 0.130. The van der Waals surface area contributed by atoms with E-state index in [9.17, 15) is 4.79 Å². The first kappa shape index (κ1) is 18.6. The maximum atomic E-state index is 12.8. The minimum Gasteiger partial charge on any atom is -0.497 e. The molecule has 29 heavy (non-hydrogen) atoms. The van der Waals surface area contributed by atoms with Crippen molar-refractivity contribution in [1.29, 1.82) is 0 Å². The first-order valence-electron chi connectivity index (χ1n) is 9.16. The molecule has 2 aromatic heterocycles. The molecule has 6 nitrogen and oxygen atoms in total. The third kappa shape index (κ3) is 3.78. The Balaban J connectivity index is 1.65. The van der Waals surface area contributed by atoms with Crippen LogP contribution in [0.1, 0.15) is 15.9 Å². The molecule has 0 spiro atoms. The predicted molar refractivity (Wildman–Crippen MR) is 113 cm³/mol. The van der Waals surface area contributed by atoms with Crippen molar-refractivity contribution in [2.24, 2.45) is 0 Å². The van der Waals surface area contributed by atoms with E-state index in [4.69, 9.17) is 9.47 Å². The molecule has 2 aromatic carbocycles. The van der Waals surface area contributed by atoms with Gasteiger partial charge in [0.15, 0.2) is 0 Å². The van der Waals surface area contributed by atoms with Gasteiger partial charge in [-0.2, -0.15) is 0 Å². The van der Waals surface area contributed by atoms with Gasteiger partial charge < -0.3 is 19.2 Å². The second-order valence-corrected chi connectivity index (χ2v) is 6.68. The lowest BCUT2D eigenvalue weighted by atomic mass is 10.1. The van der Waals surface area contributed by atoms with Gasteiger partial charge in [0, 0.05) is 35.3 Å². The number of carbonyl (C=O) groups excluding carboxylic acids is 1. The number of nitrogens with one attached hydrogen (secondary N) is 1. The summed E-state index contributed by atoms with van der Waals surface area (Å²) in [5.41, 5.74) is 4.79. The molecule has 0 aliphatic carbocycles. The summed E-state index contributed by atoms with van der Waals surface area (Å²) in [5, 5.41) is 2.99. The van der Waals surface area contributed by atoms with Gasteiger partial charge in [0.25, 0.3) is 5.91 Å². The van der Waals surface area contributed by atoms with Crippen LogP contribution in [0.4, 0.5) is 5.69 Å². The number of pyridine rings is 1. The standard InChI is InChI=1S/C23H21N3O3/c1-15-7-8-16(21-14-26-9-5-4-6-22(26)24-21)12-20(15)25-23(27)17-10-18(28-2)13-19(11-17)29-3/h4-14H,1-3H3,(H,25,27). The molecule has 0 aliphatic heterocycles. The third-order valence-electron chi connectivity index (χ3n) is 4.76. The number of methoxy groups -OCH3 is 2. The van der Waals surface area contributed by atoms with Gasteiger partial charge >= 0.3 is 0 Å². The summed E-state index contributed by atoms with van der Waals surface area (Å²) in [6, 6.07) is 16.9. The number of fused-ring (bicyclic) bond motifs is 1. The number of nitrogens with zero attached hydrogens (tertiary/aromatic N) is 2. The first-order chi connectivity index (χ1) is 14.1. The van der Waals surface area contributed by atoms with E-state index in [1.54, 1.807) is 32.4 Å². The van der Waals surface area contributed by atoms with Gasteiger partial charge in [-0.1, -0.05) is 18.2 Å². The highest BCUT2D eigenvalue weighted by molar-refractivity contribution is 6.05. The quantitative estimate of drug-likeness (QED) is 0.544. The van der Waals surface area contributed by atoms with Crippen molar-refractivity contribution in [3.8, 4) is 22.8 Å². The highest BCUT2D eigenvalue weighted by Crippen LogP contribution is 2.27. The molecular formula is C23H21N3O3. The molecule has 4 aromatic rings. The van der Waals surface area contributed by atoms with E-state index in [1.807, 2.05) is 60.1 Å². The minimum absolute atomic E-state index is 0.238. The van der Waals surface area contributed by atoms with Crippen molar-refractivity contribution in [3.63, 3.8) is 0 Å². The van der Waals surface area contributed by atoms with E-state index in [2.05, 4.69) is 10.3 Å². The highest BCUT2D eigenvalue weighted by Gasteiger charge is 2.13. The summed E-state index contributed by atoms with van der Waals surface area (Å²) in [5.74, 6) is 0.881. The van der Waals surface area contributed by atoms with Crippen LogP contribution in [0.25, 0.3) is 16.9 Å². The van der Waals surface area contributed by atoms with Crippen LogP contribution >= 0.6 is 0 Å². The Morgan fingerprint density at radius 1 is 1.00 bits per heavy atom. The van der Waals surface area contributed by atoms with E-state index >= 15 is 0 Å². The molecule has 1 amide bonds. The van der Waals surface area contributed by atoms with Crippen molar-refractivity contribution in [2.45, 2.75) is 6.92 Å². The molecule has 2 heterocycles. The number of aryl methyl sites for hydroxylation is 1. The fourth-order valence-electron chi connectivity index (χ4n) is 3.12. The molecule has 0 atom stereocenters. The van der Waals surface area contributed by atoms with Crippen molar-refractivity contribution in [1.82, 2.24) is 9.38 Å². The number of anilines is 1. The molecule has 0 aliphatic rings. The normalized spacial score (nSPS) is 10.7. The van der Waals surface area contributed by atoms with E-state index in [1.165, 1.54) is 0 Å². The maximum Gasteiger partial charge on any atom is 0.255 e. The smallest absolute Gasteiger partial charge is 0.255 e. The van der Waals surface area contributed by atoms with Gasteiger partial charge in [0.1, 0.15) is 17.1 Å². The number of hydrogen-bond donors (Lipinski definition) is 1. The largest absolute Gasteiger partial charge is 0.497 e. The monoisotopic (exact) mass is 387 g/mol. The second kappa shape index (κ2) is 7.67. The lowest BCUT2D eigenvalue weighted by molar-refractivity contribution is 0.102. The summed E-state index contributed by atoms with van der Waals surface area (Å²) < 4.78 is 12.5. The van der Waals surface area contributed by atoms with Gasteiger partial charge in [-0.25, -0.2) is 4.98 Å². The Labute approximate surface area is 168 Å². The SMILES string of the molecule is COc1cc(OC)cc(C(=O)Nc2cc(-c3cn4ccccc4n3)ccc2C)c1. The van der Waals surface area contributed by atoms with Crippen LogP contribution in [0.3, 0.4) is 0 Å². The molecule has 4 rings (SSSR count). The molecule has 1 N–H and O–H groups in total. The van der Waals surface area contributed by atoms with Crippen LogP contribution in [0.2, 0.25) is 0 Å². The zero-order valence-electron chi connectivity index (χ0n) is 16.5. The van der Waals surface area contributed by atoms with Gasteiger partial charge in [0.2, 0.25) is 0 Å². The molecular weight excluding hydrogens is 366 g/mol. The number of imidazole rings is 1. The molecule has 0 radical (unpaired) electrons. The minimum atomic E-state index is -0.238. The van der Waals surface area contributed by atoms with Crippen LogP contribution in [0.5, 0.6) is 11.5 Å². The number of carbonyl (C=O) groups is 1. The predicted octanol–water partition coefficient (Wildman–Crippen LogP) is 4.58. The summed E-state index contributed by atoms with van der Waals surface area (Å²) in [7, 11) is 3.11. The molecule has 0 unspecified atom stereocenters. The summed E-state index contributed by atoms with van der Waals surface area (Å²) in [4.78, 5) is 17.5. The van der Waals surface area contributed by atoms with Crippen LogP contribution in [0.15, 0.2) is 67.0 Å². The lowest BCUT2D eigenvalue weighted by Gasteiger charge is -2.12. The Kier molecular flexibility index (Phi) is 4.91. The van der Waals surface area contributed by atoms with Crippen molar-refractivity contribution in [2.75, 3.05) is 19.5 Å². The Morgan fingerprint density at radius 2 is 1.76 bits per heavy atom. The zero-order valence-corrected chi connectivity index (χ0v) is 16.5. The Bertz CT molecular complexity index is 1140. The van der Waals surface area contributed by atoms with Crippen molar-refractivity contribution < 1.29 is 14.3 Å². The molecule has 0 saturated carbocycles. The molecule has 6 heteroatoms. The number of aromatic nitrogens is 2. The van der Waals surface area contributed by atoms with Crippen LogP contribution in [-0.4, -0.2) is 29.5 Å². The topological polar surface area (TPSA) is 64.9 Å². The zero-order chi connectivity index (χ0) is 20.4. The van der Waals surface area contributed by atoms with Crippen LogP contribution in [-0.2, 0) is 0 Å². The van der Waals surface area contributed by atoms with Gasteiger partial charge in [-0.3, -0.25) is 4.79 Å². The van der Waals surface area contributed by atoms with Crippen LogP contribution < -0.4 is 14.8 Å². The average molecular weight is 387 g/mol. The fourth-order valence-corrected chi connectivity index (χ4v) is 3.12. The number of amides is 1. The second-order valence-electron chi connectivity index (χ2n) is 6.68. The lowest BCUT2D eigenvalue weighted by Crippen LogP contribution is -2.13. The Morgan fingerprint density at radius 3 is 2.45 bits per heavy atom. The van der Waals surface area contributed by atoms with Gasteiger partial charge in [-0.05, 0) is 42.8 Å². The average Bonchev–Trinajstić information content (AvgIpc) is 3.19. The van der Waals surface area contributed by atoms with Gasteiger partial charge in [-0.15, -0.1) is 0 Å². The highest BCUT2D eigenvalue weighted by atomic mass is 16.5. The van der Waals surface area contributed by atoms with Gasteiger partial charge in [0.05, 0.1) is 19.9 Å². The number of benzene rings is 2. The van der Waals surface area contributed by atoms with E-state index < -0.39 is 0 Å². The molecule has 146 valence electrons.